The van der Waals surface area contributed by atoms with Gasteiger partial charge in [-0.3, -0.25) is 4.79 Å². The molecule has 0 saturated heterocycles. The molecule has 0 saturated carbocycles. The zero-order valence-corrected chi connectivity index (χ0v) is 22.1. The van der Waals surface area contributed by atoms with Crippen molar-refractivity contribution in [3.63, 3.8) is 0 Å². The zero-order chi connectivity index (χ0) is 28.1. The second-order valence-electron chi connectivity index (χ2n) is 10.1. The number of carbonyl (C=O) groups excluding carboxylic acids is 1. The quantitative estimate of drug-likeness (QED) is 0.351. The summed E-state index contributed by atoms with van der Waals surface area (Å²) < 4.78 is 33.9. The van der Waals surface area contributed by atoms with Crippen LogP contribution in [-0.4, -0.2) is 34.7 Å². The molecule has 1 heterocycles. The Balaban J connectivity index is 1.72. The lowest BCUT2D eigenvalue weighted by molar-refractivity contribution is -0.0893. The lowest BCUT2D eigenvalue weighted by Gasteiger charge is -2.37. The van der Waals surface area contributed by atoms with Crippen molar-refractivity contribution in [3.8, 4) is 6.07 Å². The number of aliphatic hydroxyl groups is 1. The fourth-order valence-corrected chi connectivity index (χ4v) is 3.39. The first-order chi connectivity index (χ1) is 17.8. The summed E-state index contributed by atoms with van der Waals surface area (Å²) in [6.45, 7) is 8.62. The van der Waals surface area contributed by atoms with Gasteiger partial charge in [-0.1, -0.05) is 24.3 Å². The van der Waals surface area contributed by atoms with Crippen molar-refractivity contribution >= 4 is 24.7 Å². The molecule has 3 aromatic rings. The Morgan fingerprint density at radius 1 is 1.16 bits per heavy atom. The van der Waals surface area contributed by atoms with Crippen LogP contribution in [-0.2, 0) is 11.2 Å². The molecule has 0 spiro atoms. The van der Waals surface area contributed by atoms with Gasteiger partial charge in [0.1, 0.15) is 23.5 Å². The van der Waals surface area contributed by atoms with Crippen LogP contribution in [0.5, 0.6) is 0 Å². The standard InChI is InChI=1S/C28H31BF2N4O3/c1-17(19-7-10-22(30)11-8-19)35-26(36)23-12-18(14-32)15-33-25(23)34-16-20-6-9-21(13-24(20)31)29-38-28(4,5)27(2,3)37/h6-13,15,17,29,37H,16H2,1-5H3,(H,33,34)(H,35,36)/t17-/m0/s1. The third-order valence-corrected chi connectivity index (χ3v) is 6.62. The Hall–Kier alpha value is -3.81. The Kier molecular flexibility index (Phi) is 8.87. The van der Waals surface area contributed by atoms with Crippen molar-refractivity contribution in [2.45, 2.75) is 58.4 Å². The molecule has 1 amide bonds. The van der Waals surface area contributed by atoms with E-state index in [4.69, 9.17) is 4.65 Å². The third-order valence-electron chi connectivity index (χ3n) is 6.62. The number of halogens is 2. The Morgan fingerprint density at radius 2 is 1.84 bits per heavy atom. The van der Waals surface area contributed by atoms with Crippen LogP contribution in [0.15, 0.2) is 54.7 Å². The van der Waals surface area contributed by atoms with Gasteiger partial charge in [-0.15, -0.1) is 0 Å². The number of hydrogen-bond acceptors (Lipinski definition) is 6. The minimum Gasteiger partial charge on any atom is -0.427 e. The van der Waals surface area contributed by atoms with Gasteiger partial charge in [0.2, 0.25) is 0 Å². The Labute approximate surface area is 222 Å². The van der Waals surface area contributed by atoms with Crippen molar-refractivity contribution < 1.29 is 23.3 Å². The van der Waals surface area contributed by atoms with E-state index in [0.29, 0.717) is 16.6 Å². The van der Waals surface area contributed by atoms with Crippen LogP contribution >= 0.6 is 0 Å². The van der Waals surface area contributed by atoms with E-state index < -0.39 is 29.0 Å². The molecular weight excluding hydrogens is 489 g/mol. The second kappa shape index (κ2) is 11.7. The van der Waals surface area contributed by atoms with Gasteiger partial charge < -0.3 is 20.4 Å². The van der Waals surface area contributed by atoms with Gasteiger partial charge in [0.25, 0.3) is 5.91 Å². The number of pyridine rings is 1. The summed E-state index contributed by atoms with van der Waals surface area (Å²) in [5.74, 6) is -1.15. The minimum atomic E-state index is -1.08. The van der Waals surface area contributed by atoms with E-state index in [1.165, 1.54) is 30.5 Å². The number of nitrogens with zero attached hydrogens (tertiary/aromatic N) is 2. The maximum atomic E-state index is 14.9. The molecule has 38 heavy (non-hydrogen) atoms. The summed E-state index contributed by atoms with van der Waals surface area (Å²) in [7, 11) is 0.120. The largest absolute Gasteiger partial charge is 0.427 e. The molecule has 2 aromatic carbocycles. The normalized spacial score (nSPS) is 12.4. The lowest BCUT2D eigenvalue weighted by Crippen LogP contribution is -2.49. The van der Waals surface area contributed by atoms with Crippen molar-refractivity contribution in [1.29, 1.82) is 5.26 Å². The monoisotopic (exact) mass is 520 g/mol. The van der Waals surface area contributed by atoms with Crippen LogP contribution in [0.2, 0.25) is 0 Å². The SMILES string of the molecule is C[C@H](NC(=O)c1cc(C#N)cnc1NCc1ccc(BOC(C)(C)C(C)(C)O)cc1F)c1ccc(F)cc1. The maximum absolute atomic E-state index is 14.9. The molecule has 1 aromatic heterocycles. The number of amides is 1. The molecule has 0 radical (unpaired) electrons. The molecular formula is C28H31BF2N4O3. The summed E-state index contributed by atoms with van der Waals surface area (Å²) in [5, 5.41) is 25.3. The van der Waals surface area contributed by atoms with E-state index in [2.05, 4.69) is 15.6 Å². The number of nitriles is 1. The molecule has 7 nitrogen and oxygen atoms in total. The first-order valence-corrected chi connectivity index (χ1v) is 12.1. The van der Waals surface area contributed by atoms with Gasteiger partial charge in [-0.05, 0) is 69.9 Å². The predicted molar refractivity (Wildman–Crippen MR) is 143 cm³/mol. The number of hydrogen-bond donors (Lipinski definition) is 3. The van der Waals surface area contributed by atoms with Gasteiger partial charge in [0.15, 0.2) is 0 Å². The highest BCUT2D eigenvalue weighted by Crippen LogP contribution is 2.24. The van der Waals surface area contributed by atoms with E-state index in [1.807, 2.05) is 6.07 Å². The molecule has 0 bridgehead atoms. The smallest absolute Gasteiger partial charge is 0.309 e. The van der Waals surface area contributed by atoms with Gasteiger partial charge in [0, 0.05) is 18.3 Å². The molecule has 3 N–H and O–H groups in total. The molecule has 3 rings (SSSR count). The summed E-state index contributed by atoms with van der Waals surface area (Å²) in [6, 6.07) is 13.4. The molecule has 0 aliphatic rings. The van der Waals surface area contributed by atoms with Crippen molar-refractivity contribution in [3.05, 3.63) is 88.6 Å². The highest BCUT2D eigenvalue weighted by Gasteiger charge is 2.35. The van der Waals surface area contributed by atoms with E-state index in [1.54, 1.807) is 58.9 Å². The first kappa shape index (κ1) is 28.8. The Bertz CT molecular complexity index is 1340. The molecule has 198 valence electrons. The third kappa shape index (κ3) is 7.15. The average Bonchev–Trinajstić information content (AvgIpc) is 2.86. The van der Waals surface area contributed by atoms with E-state index in [9.17, 15) is 23.9 Å². The van der Waals surface area contributed by atoms with E-state index in [0.717, 1.165) is 0 Å². The topological polar surface area (TPSA) is 107 Å². The van der Waals surface area contributed by atoms with Gasteiger partial charge in [0.05, 0.1) is 28.4 Å². The fraction of sp³-hybridized carbons (Fsp3) is 0.321. The van der Waals surface area contributed by atoms with Crippen LogP contribution in [0.4, 0.5) is 14.6 Å². The predicted octanol–water partition coefficient (Wildman–Crippen LogP) is 3.88. The number of benzene rings is 2. The van der Waals surface area contributed by atoms with Crippen molar-refractivity contribution in [2.75, 3.05) is 5.32 Å². The van der Waals surface area contributed by atoms with Crippen LogP contribution in [0.25, 0.3) is 0 Å². The number of aromatic nitrogens is 1. The van der Waals surface area contributed by atoms with E-state index in [-0.39, 0.29) is 36.8 Å². The molecule has 10 heteroatoms. The van der Waals surface area contributed by atoms with Crippen molar-refractivity contribution in [2.24, 2.45) is 0 Å². The maximum Gasteiger partial charge on any atom is 0.309 e. The van der Waals surface area contributed by atoms with Crippen LogP contribution in [0.1, 0.15) is 67.7 Å². The molecule has 1 atom stereocenters. The van der Waals surface area contributed by atoms with E-state index >= 15 is 0 Å². The molecule has 0 unspecified atom stereocenters. The summed E-state index contributed by atoms with van der Waals surface area (Å²) in [4.78, 5) is 17.2. The van der Waals surface area contributed by atoms with Crippen LogP contribution < -0.4 is 16.1 Å². The summed E-state index contributed by atoms with van der Waals surface area (Å²) in [6.07, 6.45) is 1.32. The lowest BCUT2D eigenvalue weighted by atomic mass is 9.82. The number of nitrogens with one attached hydrogen (secondary N) is 2. The van der Waals surface area contributed by atoms with Gasteiger partial charge in [-0.2, -0.15) is 5.26 Å². The van der Waals surface area contributed by atoms with Crippen molar-refractivity contribution in [1.82, 2.24) is 10.3 Å². The second-order valence-corrected chi connectivity index (χ2v) is 10.1. The highest BCUT2D eigenvalue weighted by atomic mass is 19.1. The number of rotatable bonds is 10. The molecule has 0 aliphatic carbocycles. The van der Waals surface area contributed by atoms with Crippen LogP contribution in [0.3, 0.4) is 0 Å². The van der Waals surface area contributed by atoms with Crippen LogP contribution in [0, 0.1) is 23.0 Å². The summed E-state index contributed by atoms with van der Waals surface area (Å²) >= 11 is 0. The number of anilines is 1. The zero-order valence-electron chi connectivity index (χ0n) is 22.1. The van der Waals surface area contributed by atoms with Gasteiger partial charge in [-0.25, -0.2) is 13.8 Å². The van der Waals surface area contributed by atoms with Gasteiger partial charge >= 0.3 is 7.48 Å². The summed E-state index contributed by atoms with van der Waals surface area (Å²) in [5.41, 5.74) is 0.0516. The fourth-order valence-electron chi connectivity index (χ4n) is 3.39. The molecule has 0 fully saturated rings. The highest BCUT2D eigenvalue weighted by molar-refractivity contribution is 6.47. The number of carbonyl (C=O) groups is 1. The first-order valence-electron chi connectivity index (χ1n) is 12.1. The average molecular weight is 520 g/mol. The minimum absolute atomic E-state index is 0.0365. The Morgan fingerprint density at radius 3 is 2.45 bits per heavy atom. The molecule has 0 aliphatic heterocycles.